The normalized spacial score (nSPS) is 19.7. The van der Waals surface area contributed by atoms with Crippen molar-refractivity contribution < 1.29 is 9.59 Å². The van der Waals surface area contributed by atoms with E-state index in [0.29, 0.717) is 13.1 Å². The first-order chi connectivity index (χ1) is 9.00. The lowest BCUT2D eigenvalue weighted by atomic mass is 9.91. The van der Waals surface area contributed by atoms with E-state index in [1.165, 1.54) is 0 Å². The number of likely N-dealkylation sites (tertiary alicyclic amines) is 1. The molecule has 0 aromatic rings. The lowest BCUT2D eigenvalue weighted by molar-refractivity contribution is -0.142. The van der Waals surface area contributed by atoms with Gasteiger partial charge in [-0.25, -0.2) is 0 Å². The first-order valence-electron chi connectivity index (χ1n) is 7.37. The molecule has 1 fully saturated rings. The van der Waals surface area contributed by atoms with Crippen LogP contribution in [0.2, 0.25) is 0 Å². The van der Waals surface area contributed by atoms with E-state index in [-0.39, 0.29) is 30.1 Å². The third-order valence-corrected chi connectivity index (χ3v) is 3.44. The van der Waals surface area contributed by atoms with Gasteiger partial charge in [-0.15, -0.1) is 12.4 Å². The molecular formula is C15H30ClN3O2. The van der Waals surface area contributed by atoms with Gasteiger partial charge in [0.25, 0.3) is 0 Å². The van der Waals surface area contributed by atoms with Gasteiger partial charge in [0.05, 0.1) is 5.92 Å². The van der Waals surface area contributed by atoms with Gasteiger partial charge >= 0.3 is 0 Å². The van der Waals surface area contributed by atoms with Crippen LogP contribution in [0.5, 0.6) is 0 Å². The molecule has 5 nitrogen and oxygen atoms in total. The number of piperidine rings is 1. The van der Waals surface area contributed by atoms with Crippen molar-refractivity contribution in [1.29, 1.82) is 0 Å². The predicted octanol–water partition coefficient (Wildman–Crippen LogP) is 1.55. The summed E-state index contributed by atoms with van der Waals surface area (Å²) in [5.74, 6) is 0.0153. The summed E-state index contributed by atoms with van der Waals surface area (Å²) in [6, 6.07) is 0. The van der Waals surface area contributed by atoms with Gasteiger partial charge in [0.1, 0.15) is 0 Å². The maximum atomic E-state index is 12.3. The summed E-state index contributed by atoms with van der Waals surface area (Å²) in [4.78, 5) is 26.3. The number of amides is 2. The van der Waals surface area contributed by atoms with Gasteiger partial charge in [-0.1, -0.05) is 20.8 Å². The molecule has 1 heterocycles. The fraction of sp³-hybridized carbons (Fsp3) is 0.867. The van der Waals surface area contributed by atoms with Gasteiger partial charge in [0, 0.05) is 30.6 Å². The Morgan fingerprint density at radius 3 is 2.29 bits per heavy atom. The lowest BCUT2D eigenvalue weighted by Gasteiger charge is -2.36. The molecule has 1 aliphatic rings. The zero-order chi connectivity index (χ0) is 15.6. The van der Waals surface area contributed by atoms with E-state index in [1.807, 2.05) is 39.5 Å². The van der Waals surface area contributed by atoms with Crippen LogP contribution in [0.25, 0.3) is 0 Å². The summed E-state index contributed by atoms with van der Waals surface area (Å²) in [5.41, 5.74) is 5.06. The van der Waals surface area contributed by atoms with Gasteiger partial charge in [-0.2, -0.15) is 0 Å². The molecule has 0 radical (unpaired) electrons. The number of halogens is 1. The van der Waals surface area contributed by atoms with Crippen LogP contribution in [0.15, 0.2) is 0 Å². The third kappa shape index (κ3) is 6.66. The summed E-state index contributed by atoms with van der Waals surface area (Å²) >= 11 is 0. The Hall–Kier alpha value is -0.810. The number of nitrogens with zero attached hydrogens (tertiary/aromatic N) is 1. The van der Waals surface area contributed by atoms with Crippen LogP contribution in [0.1, 0.15) is 47.5 Å². The van der Waals surface area contributed by atoms with Crippen molar-refractivity contribution in [3.63, 3.8) is 0 Å². The Bertz CT molecular complexity index is 372. The molecule has 2 amide bonds. The molecule has 1 aliphatic heterocycles. The number of carbonyl (C=O) groups is 2. The number of hydrogen-bond donors (Lipinski definition) is 2. The standard InChI is InChI=1S/C15H29N3O2.ClH/c1-14(2,3)13(20)18-8-6-7-11(9-18)12(19)17-10-15(4,5)16;/h11H,6-10,16H2,1-5H3,(H,17,19);1H. The minimum atomic E-state index is -0.411. The van der Waals surface area contributed by atoms with Crippen molar-refractivity contribution in [1.82, 2.24) is 10.2 Å². The highest BCUT2D eigenvalue weighted by molar-refractivity contribution is 5.85. The molecule has 0 aromatic heterocycles. The summed E-state index contributed by atoms with van der Waals surface area (Å²) < 4.78 is 0. The predicted molar refractivity (Wildman–Crippen MR) is 87.3 cm³/mol. The molecule has 1 unspecified atom stereocenters. The van der Waals surface area contributed by atoms with Crippen molar-refractivity contribution in [2.45, 2.75) is 53.0 Å². The minimum absolute atomic E-state index is 0. The Balaban J connectivity index is 0.00000400. The van der Waals surface area contributed by atoms with Gasteiger partial charge in [0.2, 0.25) is 11.8 Å². The minimum Gasteiger partial charge on any atom is -0.354 e. The summed E-state index contributed by atoms with van der Waals surface area (Å²) in [6.07, 6.45) is 1.72. The van der Waals surface area contributed by atoms with Crippen LogP contribution < -0.4 is 11.1 Å². The topological polar surface area (TPSA) is 75.4 Å². The van der Waals surface area contributed by atoms with Crippen molar-refractivity contribution >= 4 is 24.2 Å². The Labute approximate surface area is 134 Å². The van der Waals surface area contributed by atoms with Crippen molar-refractivity contribution in [2.75, 3.05) is 19.6 Å². The quantitative estimate of drug-likeness (QED) is 0.828. The molecule has 1 rings (SSSR count). The van der Waals surface area contributed by atoms with E-state index in [1.54, 1.807) is 0 Å². The second-order valence-corrected chi connectivity index (χ2v) is 7.55. The first kappa shape index (κ1) is 20.2. The Morgan fingerprint density at radius 1 is 1.24 bits per heavy atom. The van der Waals surface area contributed by atoms with E-state index in [9.17, 15) is 9.59 Å². The van der Waals surface area contributed by atoms with Crippen molar-refractivity contribution in [3.05, 3.63) is 0 Å². The molecule has 0 spiro atoms. The molecular weight excluding hydrogens is 290 g/mol. The highest BCUT2D eigenvalue weighted by Crippen LogP contribution is 2.23. The van der Waals surface area contributed by atoms with Gasteiger partial charge in [0.15, 0.2) is 0 Å². The second-order valence-electron chi connectivity index (χ2n) is 7.55. The molecule has 0 aromatic carbocycles. The van der Waals surface area contributed by atoms with Crippen LogP contribution >= 0.6 is 12.4 Å². The SMILES string of the molecule is CC(C)(N)CNC(=O)C1CCCN(C(=O)C(C)(C)C)C1.Cl. The number of rotatable bonds is 3. The first-order valence-corrected chi connectivity index (χ1v) is 7.37. The fourth-order valence-corrected chi connectivity index (χ4v) is 2.31. The van der Waals surface area contributed by atoms with Crippen molar-refractivity contribution in [3.8, 4) is 0 Å². The average molecular weight is 320 g/mol. The molecule has 0 saturated carbocycles. The van der Waals surface area contributed by atoms with E-state index in [4.69, 9.17) is 5.73 Å². The third-order valence-electron chi connectivity index (χ3n) is 3.44. The second kappa shape index (κ2) is 7.45. The number of carbonyl (C=O) groups excluding carboxylic acids is 2. The van der Waals surface area contributed by atoms with Gasteiger partial charge in [-0.3, -0.25) is 9.59 Å². The maximum absolute atomic E-state index is 12.3. The van der Waals surface area contributed by atoms with E-state index >= 15 is 0 Å². The van der Waals surface area contributed by atoms with Crippen LogP contribution in [0, 0.1) is 11.3 Å². The van der Waals surface area contributed by atoms with E-state index < -0.39 is 11.0 Å². The van der Waals surface area contributed by atoms with Gasteiger partial charge < -0.3 is 16.0 Å². The number of nitrogens with one attached hydrogen (secondary N) is 1. The van der Waals surface area contributed by atoms with Gasteiger partial charge in [-0.05, 0) is 26.7 Å². The smallest absolute Gasteiger partial charge is 0.227 e. The molecule has 3 N–H and O–H groups in total. The van der Waals surface area contributed by atoms with Crippen LogP contribution in [0.4, 0.5) is 0 Å². The monoisotopic (exact) mass is 319 g/mol. The molecule has 21 heavy (non-hydrogen) atoms. The molecule has 0 aliphatic carbocycles. The summed E-state index contributed by atoms with van der Waals surface area (Å²) in [7, 11) is 0. The Kier molecular flexibility index (Phi) is 7.16. The molecule has 124 valence electrons. The highest BCUT2D eigenvalue weighted by Gasteiger charge is 2.33. The fourth-order valence-electron chi connectivity index (χ4n) is 2.31. The highest BCUT2D eigenvalue weighted by atomic mass is 35.5. The summed E-state index contributed by atoms with van der Waals surface area (Å²) in [5, 5.41) is 2.89. The zero-order valence-electron chi connectivity index (χ0n) is 13.9. The molecule has 1 saturated heterocycles. The molecule has 1 atom stereocenters. The van der Waals surface area contributed by atoms with Crippen molar-refractivity contribution in [2.24, 2.45) is 17.1 Å². The maximum Gasteiger partial charge on any atom is 0.227 e. The van der Waals surface area contributed by atoms with E-state index in [2.05, 4.69) is 5.32 Å². The summed E-state index contributed by atoms with van der Waals surface area (Å²) in [6.45, 7) is 11.2. The molecule has 6 heteroatoms. The lowest BCUT2D eigenvalue weighted by Crippen LogP contribution is -2.51. The van der Waals surface area contributed by atoms with Crippen LogP contribution in [0.3, 0.4) is 0 Å². The van der Waals surface area contributed by atoms with Crippen LogP contribution in [-0.2, 0) is 9.59 Å². The Morgan fingerprint density at radius 2 is 1.81 bits per heavy atom. The zero-order valence-corrected chi connectivity index (χ0v) is 14.7. The van der Waals surface area contributed by atoms with Crippen LogP contribution in [-0.4, -0.2) is 41.9 Å². The average Bonchev–Trinajstić information content (AvgIpc) is 2.33. The molecule has 0 bridgehead atoms. The van der Waals surface area contributed by atoms with E-state index in [0.717, 1.165) is 19.4 Å². The largest absolute Gasteiger partial charge is 0.354 e. The number of hydrogen-bond acceptors (Lipinski definition) is 3. The number of nitrogens with two attached hydrogens (primary N) is 1.